The maximum Gasteiger partial charge on any atom is 0.330 e. The lowest BCUT2D eigenvalue weighted by molar-refractivity contribution is -0.142. The van der Waals surface area contributed by atoms with Gasteiger partial charge in [-0.1, -0.05) is 19.9 Å². The number of nitrogens with one attached hydrogen (secondary N) is 1. The molecular formula is C15H20FNO4. The largest absolute Gasteiger partial charge is 0.494 e. The van der Waals surface area contributed by atoms with Crippen LogP contribution in [0.5, 0.6) is 5.75 Å². The maximum atomic E-state index is 13.6. The molecule has 0 saturated heterocycles. The molecule has 0 spiro atoms. The Bertz CT molecular complexity index is 516. The summed E-state index contributed by atoms with van der Waals surface area (Å²) in [5.74, 6) is -1.91. The van der Waals surface area contributed by atoms with Crippen LogP contribution in [0.4, 0.5) is 4.39 Å². The molecule has 0 radical (unpaired) electrons. The molecule has 1 aromatic carbocycles. The summed E-state index contributed by atoms with van der Waals surface area (Å²) >= 11 is 0. The van der Waals surface area contributed by atoms with Crippen molar-refractivity contribution in [3.63, 3.8) is 0 Å². The Morgan fingerprint density at radius 1 is 1.38 bits per heavy atom. The van der Waals surface area contributed by atoms with E-state index in [1.807, 2.05) is 13.8 Å². The molecule has 0 heterocycles. The van der Waals surface area contributed by atoms with Crippen molar-refractivity contribution in [1.29, 1.82) is 0 Å². The van der Waals surface area contributed by atoms with Gasteiger partial charge in [0.25, 0.3) is 0 Å². The Balaban J connectivity index is 2.85. The van der Waals surface area contributed by atoms with Gasteiger partial charge in [0.2, 0.25) is 5.91 Å². The summed E-state index contributed by atoms with van der Waals surface area (Å²) < 4.78 is 18.4. The molecule has 1 unspecified atom stereocenters. The van der Waals surface area contributed by atoms with Crippen LogP contribution in [0.1, 0.15) is 38.3 Å². The highest BCUT2D eigenvalue weighted by Crippen LogP contribution is 2.22. The Morgan fingerprint density at radius 2 is 2.05 bits per heavy atom. The molecule has 116 valence electrons. The number of ether oxygens (including phenoxy) is 1. The van der Waals surface area contributed by atoms with Gasteiger partial charge in [0.1, 0.15) is 0 Å². The molecule has 5 nitrogen and oxygen atoms in total. The monoisotopic (exact) mass is 297 g/mol. The summed E-state index contributed by atoms with van der Waals surface area (Å²) in [5, 5.41) is 11.6. The van der Waals surface area contributed by atoms with E-state index in [0.29, 0.717) is 12.3 Å². The van der Waals surface area contributed by atoms with Crippen molar-refractivity contribution in [3.05, 3.63) is 29.6 Å². The lowest BCUT2D eigenvalue weighted by atomic mass is 10.0. The van der Waals surface area contributed by atoms with Crippen molar-refractivity contribution in [1.82, 2.24) is 5.32 Å². The van der Waals surface area contributed by atoms with Crippen molar-refractivity contribution >= 4 is 11.9 Å². The summed E-state index contributed by atoms with van der Waals surface area (Å²) in [7, 11) is 1.32. The second-order valence-electron chi connectivity index (χ2n) is 5.17. The van der Waals surface area contributed by atoms with Gasteiger partial charge in [0.15, 0.2) is 17.6 Å². The lowest BCUT2D eigenvalue weighted by Gasteiger charge is -2.16. The molecule has 1 atom stereocenters. The van der Waals surface area contributed by atoms with E-state index in [1.165, 1.54) is 19.2 Å². The number of aliphatic carboxylic acids is 1. The minimum Gasteiger partial charge on any atom is -0.494 e. The van der Waals surface area contributed by atoms with Crippen molar-refractivity contribution in [2.24, 2.45) is 5.92 Å². The van der Waals surface area contributed by atoms with Gasteiger partial charge in [-0.15, -0.1) is 0 Å². The standard InChI is InChI=1S/C15H20FNO4/c1-9(2)4-7-13(18)17-14(15(19)20)10-5-6-12(21-3)11(16)8-10/h5-6,8-9,14H,4,7H2,1-3H3,(H,17,18)(H,19,20). The van der Waals surface area contributed by atoms with Crippen LogP contribution in [0, 0.1) is 11.7 Å². The zero-order chi connectivity index (χ0) is 16.0. The van der Waals surface area contributed by atoms with E-state index in [4.69, 9.17) is 4.74 Å². The van der Waals surface area contributed by atoms with E-state index >= 15 is 0 Å². The van der Waals surface area contributed by atoms with E-state index in [2.05, 4.69) is 5.32 Å². The van der Waals surface area contributed by atoms with Crippen LogP contribution in [0.3, 0.4) is 0 Å². The Labute approximate surface area is 123 Å². The van der Waals surface area contributed by atoms with E-state index in [-0.39, 0.29) is 23.6 Å². The van der Waals surface area contributed by atoms with Crippen LogP contribution in [-0.4, -0.2) is 24.1 Å². The van der Waals surface area contributed by atoms with Crippen LogP contribution in [0.25, 0.3) is 0 Å². The van der Waals surface area contributed by atoms with Crippen LogP contribution in [-0.2, 0) is 9.59 Å². The second kappa shape index (κ2) is 7.61. The third-order valence-corrected chi connectivity index (χ3v) is 3.01. The number of hydrogen-bond acceptors (Lipinski definition) is 3. The lowest BCUT2D eigenvalue weighted by Crippen LogP contribution is -2.33. The molecule has 1 amide bonds. The summed E-state index contributed by atoms with van der Waals surface area (Å²) in [6, 6.07) is 2.54. The van der Waals surface area contributed by atoms with Gasteiger partial charge in [-0.25, -0.2) is 9.18 Å². The Hall–Kier alpha value is -2.11. The van der Waals surface area contributed by atoms with E-state index in [9.17, 15) is 19.1 Å². The van der Waals surface area contributed by atoms with Crippen molar-refractivity contribution in [2.45, 2.75) is 32.7 Å². The van der Waals surface area contributed by atoms with Gasteiger partial charge in [-0.3, -0.25) is 4.79 Å². The first-order valence-corrected chi connectivity index (χ1v) is 6.70. The third kappa shape index (κ3) is 5.06. The molecule has 0 fully saturated rings. The quantitative estimate of drug-likeness (QED) is 0.811. The molecular weight excluding hydrogens is 277 g/mol. The number of rotatable bonds is 7. The van der Waals surface area contributed by atoms with Crippen molar-refractivity contribution < 1.29 is 23.8 Å². The van der Waals surface area contributed by atoms with Gasteiger partial charge in [0.05, 0.1) is 7.11 Å². The van der Waals surface area contributed by atoms with E-state index in [1.54, 1.807) is 0 Å². The zero-order valence-corrected chi connectivity index (χ0v) is 12.4. The average Bonchev–Trinajstić information content (AvgIpc) is 2.42. The highest BCUT2D eigenvalue weighted by Gasteiger charge is 2.23. The van der Waals surface area contributed by atoms with Crippen LogP contribution < -0.4 is 10.1 Å². The normalized spacial score (nSPS) is 12.0. The number of halogens is 1. The number of benzene rings is 1. The summed E-state index contributed by atoms with van der Waals surface area (Å²) in [5.41, 5.74) is 0.165. The molecule has 0 aliphatic heterocycles. The number of amides is 1. The highest BCUT2D eigenvalue weighted by molar-refractivity contribution is 5.84. The Morgan fingerprint density at radius 3 is 2.52 bits per heavy atom. The molecule has 0 saturated carbocycles. The summed E-state index contributed by atoms with van der Waals surface area (Å²) in [6.07, 6.45) is 0.898. The molecule has 1 aromatic rings. The maximum absolute atomic E-state index is 13.6. The van der Waals surface area contributed by atoms with Gasteiger partial charge < -0.3 is 15.2 Å². The smallest absolute Gasteiger partial charge is 0.330 e. The number of hydrogen-bond donors (Lipinski definition) is 2. The molecule has 0 aromatic heterocycles. The third-order valence-electron chi connectivity index (χ3n) is 3.01. The molecule has 1 rings (SSSR count). The van der Waals surface area contributed by atoms with Crippen LogP contribution in [0.15, 0.2) is 18.2 Å². The van der Waals surface area contributed by atoms with Gasteiger partial charge in [0, 0.05) is 6.42 Å². The Kier molecular flexibility index (Phi) is 6.14. The van der Waals surface area contributed by atoms with Crippen molar-refractivity contribution in [3.8, 4) is 5.75 Å². The predicted octanol–water partition coefficient (Wildman–Crippen LogP) is 2.51. The molecule has 0 aliphatic rings. The number of carbonyl (C=O) groups is 2. The van der Waals surface area contributed by atoms with Gasteiger partial charge >= 0.3 is 5.97 Å². The number of carboxylic acid groups (broad SMARTS) is 1. The number of methoxy groups -OCH3 is 1. The average molecular weight is 297 g/mol. The topological polar surface area (TPSA) is 75.6 Å². The van der Waals surface area contributed by atoms with E-state index in [0.717, 1.165) is 6.07 Å². The van der Waals surface area contributed by atoms with Crippen LogP contribution >= 0.6 is 0 Å². The van der Waals surface area contributed by atoms with Crippen molar-refractivity contribution in [2.75, 3.05) is 7.11 Å². The number of carbonyl (C=O) groups excluding carboxylic acids is 1. The molecule has 0 bridgehead atoms. The van der Waals surface area contributed by atoms with Gasteiger partial charge in [-0.2, -0.15) is 0 Å². The van der Waals surface area contributed by atoms with Crippen LogP contribution in [0.2, 0.25) is 0 Å². The minimum absolute atomic E-state index is 0.0222. The SMILES string of the molecule is COc1ccc(C(NC(=O)CCC(C)C)C(=O)O)cc1F. The fourth-order valence-electron chi connectivity index (χ4n) is 1.80. The highest BCUT2D eigenvalue weighted by atomic mass is 19.1. The summed E-state index contributed by atoms with van der Waals surface area (Å²) in [6.45, 7) is 3.95. The first-order chi connectivity index (χ1) is 9.85. The fraction of sp³-hybridized carbons (Fsp3) is 0.467. The molecule has 2 N–H and O–H groups in total. The second-order valence-corrected chi connectivity index (χ2v) is 5.17. The molecule has 21 heavy (non-hydrogen) atoms. The minimum atomic E-state index is -1.27. The van der Waals surface area contributed by atoms with E-state index < -0.39 is 17.8 Å². The fourth-order valence-corrected chi connectivity index (χ4v) is 1.80. The molecule has 0 aliphatic carbocycles. The first kappa shape index (κ1) is 16.9. The summed E-state index contributed by atoms with van der Waals surface area (Å²) in [4.78, 5) is 23.0. The van der Waals surface area contributed by atoms with Gasteiger partial charge in [-0.05, 0) is 30.0 Å². The molecule has 6 heteroatoms. The first-order valence-electron chi connectivity index (χ1n) is 6.70. The zero-order valence-electron chi connectivity index (χ0n) is 12.4. The predicted molar refractivity (Wildman–Crippen MR) is 75.5 cm³/mol. The number of carboxylic acids is 1.